The first-order valence-corrected chi connectivity index (χ1v) is 11.3. The average Bonchev–Trinajstić information content (AvgIpc) is 3.09. The Hall–Kier alpha value is -3.02. The molecule has 1 saturated heterocycles. The standard InChI is InChI=1S/C27H29N2O3/c1-29(17-14-20-8-6-15-28-18-20)16-7-9-21(19-29)32-26(30)27(31)24-12-4-2-10-22(24)23-11-3-5-13-25(23)27/h2-6,8,10-13,15,18,21,31H,7,9,14,16-17,19H2,1H3/q+1/t21?,29-/m1/s1. The summed E-state index contributed by atoms with van der Waals surface area (Å²) in [5, 5.41) is 11.7. The number of hydrogen-bond donors (Lipinski definition) is 1. The fourth-order valence-corrected chi connectivity index (χ4v) is 5.29. The number of nitrogens with zero attached hydrogens (tertiary/aromatic N) is 2. The molecule has 1 aliphatic heterocycles. The fourth-order valence-electron chi connectivity index (χ4n) is 5.29. The predicted octanol–water partition coefficient (Wildman–Crippen LogP) is 3.69. The highest BCUT2D eigenvalue weighted by molar-refractivity contribution is 5.96. The molecular formula is C27H29N2O3+. The Morgan fingerprint density at radius 2 is 1.78 bits per heavy atom. The molecule has 32 heavy (non-hydrogen) atoms. The van der Waals surface area contributed by atoms with E-state index in [0.29, 0.717) is 11.1 Å². The summed E-state index contributed by atoms with van der Waals surface area (Å²) in [5.74, 6) is -0.569. The van der Waals surface area contributed by atoms with Crippen molar-refractivity contribution in [2.24, 2.45) is 0 Å². The van der Waals surface area contributed by atoms with E-state index >= 15 is 0 Å². The smallest absolute Gasteiger partial charge is 0.348 e. The lowest BCUT2D eigenvalue weighted by Gasteiger charge is -2.41. The van der Waals surface area contributed by atoms with Crippen LogP contribution in [-0.2, 0) is 21.6 Å². The summed E-state index contributed by atoms with van der Waals surface area (Å²) in [4.78, 5) is 17.7. The molecule has 2 atom stereocenters. The molecule has 1 fully saturated rings. The molecule has 164 valence electrons. The highest BCUT2D eigenvalue weighted by Gasteiger charge is 2.50. The van der Waals surface area contributed by atoms with Gasteiger partial charge in [0, 0.05) is 36.4 Å². The van der Waals surface area contributed by atoms with Crippen molar-refractivity contribution in [1.82, 2.24) is 4.98 Å². The Morgan fingerprint density at radius 3 is 2.44 bits per heavy atom. The van der Waals surface area contributed by atoms with Crippen LogP contribution in [0.4, 0.5) is 0 Å². The Labute approximate surface area is 188 Å². The van der Waals surface area contributed by atoms with Crippen molar-refractivity contribution in [3.05, 3.63) is 89.7 Å². The second kappa shape index (κ2) is 8.15. The number of rotatable bonds is 5. The van der Waals surface area contributed by atoms with Gasteiger partial charge in [-0.3, -0.25) is 4.98 Å². The number of likely N-dealkylation sites (tertiary alicyclic amines) is 1. The number of likely N-dealkylation sites (N-methyl/N-ethyl adjacent to an activating group) is 1. The summed E-state index contributed by atoms with van der Waals surface area (Å²) >= 11 is 0. The third kappa shape index (κ3) is 3.61. The number of aromatic nitrogens is 1. The molecule has 5 rings (SSSR count). The maximum Gasteiger partial charge on any atom is 0.348 e. The topological polar surface area (TPSA) is 59.4 Å². The number of carbonyl (C=O) groups is 1. The van der Waals surface area contributed by atoms with E-state index in [9.17, 15) is 9.90 Å². The van der Waals surface area contributed by atoms with Gasteiger partial charge in [-0.15, -0.1) is 0 Å². The third-order valence-electron chi connectivity index (χ3n) is 7.02. The molecule has 2 heterocycles. The van der Waals surface area contributed by atoms with Gasteiger partial charge >= 0.3 is 5.97 Å². The number of carbonyl (C=O) groups excluding carboxylic acids is 1. The van der Waals surface area contributed by atoms with Crippen LogP contribution in [0.2, 0.25) is 0 Å². The van der Waals surface area contributed by atoms with Gasteiger partial charge in [-0.25, -0.2) is 4.79 Å². The molecule has 0 spiro atoms. The second-order valence-electron chi connectivity index (χ2n) is 9.33. The maximum absolute atomic E-state index is 13.5. The lowest BCUT2D eigenvalue weighted by Crippen LogP contribution is -2.55. The molecule has 2 aromatic carbocycles. The van der Waals surface area contributed by atoms with Gasteiger partial charge in [0.1, 0.15) is 6.54 Å². The summed E-state index contributed by atoms with van der Waals surface area (Å²) in [7, 11) is 2.23. The van der Waals surface area contributed by atoms with E-state index in [1.54, 1.807) is 6.20 Å². The largest absolute Gasteiger partial charge is 0.454 e. The van der Waals surface area contributed by atoms with Crippen molar-refractivity contribution >= 4 is 5.97 Å². The Morgan fingerprint density at radius 1 is 1.09 bits per heavy atom. The van der Waals surface area contributed by atoms with Gasteiger partial charge in [-0.05, 0) is 29.2 Å². The Kier molecular flexibility index (Phi) is 5.31. The molecule has 1 N–H and O–H groups in total. The first-order valence-electron chi connectivity index (χ1n) is 11.3. The molecule has 2 aliphatic rings. The minimum Gasteiger partial charge on any atom is -0.454 e. The van der Waals surface area contributed by atoms with Gasteiger partial charge in [0.15, 0.2) is 6.10 Å². The molecule has 3 aromatic rings. The number of esters is 1. The second-order valence-corrected chi connectivity index (χ2v) is 9.33. The summed E-state index contributed by atoms with van der Waals surface area (Å²) in [5.41, 5.74) is 2.46. The summed E-state index contributed by atoms with van der Waals surface area (Å²) in [6.07, 6.45) is 6.26. The molecular weight excluding hydrogens is 400 g/mol. The number of pyridine rings is 1. The monoisotopic (exact) mass is 429 g/mol. The zero-order chi connectivity index (χ0) is 22.2. The maximum atomic E-state index is 13.5. The van der Waals surface area contributed by atoms with Crippen LogP contribution >= 0.6 is 0 Å². The predicted molar refractivity (Wildman–Crippen MR) is 123 cm³/mol. The van der Waals surface area contributed by atoms with Crippen LogP contribution in [0.15, 0.2) is 73.1 Å². The lowest BCUT2D eigenvalue weighted by molar-refractivity contribution is -0.916. The van der Waals surface area contributed by atoms with Crippen LogP contribution < -0.4 is 0 Å². The highest BCUT2D eigenvalue weighted by atomic mass is 16.6. The van der Waals surface area contributed by atoms with Crippen molar-refractivity contribution in [1.29, 1.82) is 0 Å². The van der Waals surface area contributed by atoms with Crippen LogP contribution in [0, 0.1) is 0 Å². The quantitative estimate of drug-likeness (QED) is 0.496. The van der Waals surface area contributed by atoms with E-state index < -0.39 is 11.6 Å². The Balaban J connectivity index is 1.34. The van der Waals surface area contributed by atoms with Crippen LogP contribution in [-0.4, -0.2) is 53.3 Å². The molecule has 1 aromatic heterocycles. The normalized spacial score (nSPS) is 23.2. The molecule has 5 heteroatoms. The first-order chi connectivity index (χ1) is 15.5. The summed E-state index contributed by atoms with van der Waals surface area (Å²) in [6, 6.07) is 19.2. The van der Waals surface area contributed by atoms with Crippen molar-refractivity contribution < 1.29 is 19.1 Å². The molecule has 1 aliphatic carbocycles. The molecule has 1 unspecified atom stereocenters. The van der Waals surface area contributed by atoms with Crippen molar-refractivity contribution in [3.8, 4) is 11.1 Å². The lowest BCUT2D eigenvalue weighted by atomic mass is 9.91. The molecule has 0 saturated carbocycles. The van der Waals surface area contributed by atoms with Crippen LogP contribution in [0.3, 0.4) is 0 Å². The van der Waals surface area contributed by atoms with Crippen molar-refractivity contribution in [2.45, 2.75) is 31.0 Å². The van der Waals surface area contributed by atoms with Gasteiger partial charge in [0.25, 0.3) is 0 Å². The van der Waals surface area contributed by atoms with E-state index in [-0.39, 0.29) is 6.10 Å². The first kappa shape index (κ1) is 20.9. The fraction of sp³-hybridized carbons (Fsp3) is 0.333. The summed E-state index contributed by atoms with van der Waals surface area (Å²) in [6.45, 7) is 2.78. The average molecular weight is 430 g/mol. The zero-order valence-electron chi connectivity index (χ0n) is 18.4. The van der Waals surface area contributed by atoms with Gasteiger partial charge in [-0.1, -0.05) is 54.6 Å². The minimum atomic E-state index is -1.76. The number of piperidine rings is 1. The SMILES string of the molecule is C[N@+]1(CCc2cccnc2)CCCC(OC(=O)C2(O)c3ccccc3-c3ccccc32)C1. The van der Waals surface area contributed by atoms with Crippen LogP contribution in [0.1, 0.15) is 29.5 Å². The number of aliphatic hydroxyl groups is 1. The number of benzene rings is 2. The van der Waals surface area contributed by atoms with Crippen LogP contribution in [0.25, 0.3) is 11.1 Å². The number of quaternary nitrogens is 1. The highest BCUT2D eigenvalue weighted by Crippen LogP contribution is 2.48. The third-order valence-corrected chi connectivity index (χ3v) is 7.02. The zero-order valence-corrected chi connectivity index (χ0v) is 18.4. The molecule has 5 nitrogen and oxygen atoms in total. The van der Waals surface area contributed by atoms with E-state index in [4.69, 9.17) is 4.74 Å². The van der Waals surface area contributed by atoms with Crippen molar-refractivity contribution in [2.75, 3.05) is 26.7 Å². The number of fused-ring (bicyclic) bond motifs is 3. The van der Waals surface area contributed by atoms with Crippen LogP contribution in [0.5, 0.6) is 0 Å². The van der Waals surface area contributed by atoms with Crippen molar-refractivity contribution in [3.63, 3.8) is 0 Å². The number of hydrogen-bond acceptors (Lipinski definition) is 4. The van der Waals surface area contributed by atoms with E-state index in [0.717, 1.165) is 54.5 Å². The van der Waals surface area contributed by atoms with Gasteiger partial charge in [-0.2, -0.15) is 0 Å². The molecule has 0 amide bonds. The minimum absolute atomic E-state index is 0.209. The van der Waals surface area contributed by atoms with E-state index in [2.05, 4.69) is 18.1 Å². The van der Waals surface area contributed by atoms with E-state index in [1.807, 2.05) is 60.8 Å². The molecule has 0 radical (unpaired) electrons. The van der Waals surface area contributed by atoms with Gasteiger partial charge in [0.05, 0.1) is 20.1 Å². The summed E-state index contributed by atoms with van der Waals surface area (Å²) < 4.78 is 6.87. The van der Waals surface area contributed by atoms with Gasteiger partial charge in [0.2, 0.25) is 5.60 Å². The number of ether oxygens (including phenoxy) is 1. The molecule has 0 bridgehead atoms. The van der Waals surface area contributed by atoms with Gasteiger partial charge < -0.3 is 14.3 Å². The Bertz CT molecular complexity index is 1090. The van der Waals surface area contributed by atoms with E-state index in [1.165, 1.54) is 5.56 Å².